The highest BCUT2D eigenvalue weighted by molar-refractivity contribution is 4.62. The van der Waals surface area contributed by atoms with E-state index in [0.29, 0.717) is 6.04 Å². The lowest BCUT2D eigenvalue weighted by Gasteiger charge is -2.15. The van der Waals surface area contributed by atoms with Gasteiger partial charge in [-0.3, -0.25) is 0 Å². The second kappa shape index (κ2) is 9.47. The van der Waals surface area contributed by atoms with E-state index in [1.165, 1.54) is 6.42 Å². The van der Waals surface area contributed by atoms with Gasteiger partial charge in [-0.15, -0.1) is 0 Å². The third-order valence-corrected chi connectivity index (χ3v) is 2.13. The van der Waals surface area contributed by atoms with Crippen LogP contribution in [0.2, 0.25) is 0 Å². The molecule has 1 N–H and O–H groups in total. The van der Waals surface area contributed by atoms with Crippen LogP contribution in [0.25, 0.3) is 0 Å². The molecule has 0 aromatic heterocycles. The Morgan fingerprint density at radius 3 is 2.43 bits per heavy atom. The summed E-state index contributed by atoms with van der Waals surface area (Å²) in [6.45, 7) is 11.8. The van der Waals surface area contributed by atoms with Crippen LogP contribution < -0.4 is 5.32 Å². The van der Waals surface area contributed by atoms with E-state index in [9.17, 15) is 0 Å². The van der Waals surface area contributed by atoms with Gasteiger partial charge in [0.15, 0.2) is 0 Å². The van der Waals surface area contributed by atoms with Crippen molar-refractivity contribution in [2.75, 3.05) is 19.8 Å². The molecule has 0 aromatic rings. The monoisotopic (exact) mass is 201 g/mol. The van der Waals surface area contributed by atoms with Crippen molar-refractivity contribution in [1.82, 2.24) is 5.32 Å². The summed E-state index contributed by atoms with van der Waals surface area (Å²) in [7, 11) is 0. The highest BCUT2D eigenvalue weighted by Crippen LogP contribution is 2.03. The lowest BCUT2D eigenvalue weighted by Crippen LogP contribution is -2.28. The highest BCUT2D eigenvalue weighted by atomic mass is 16.5. The Balaban J connectivity index is 3.10. The maximum atomic E-state index is 5.41. The lowest BCUT2D eigenvalue weighted by atomic mass is 10.1. The zero-order chi connectivity index (χ0) is 10.8. The summed E-state index contributed by atoms with van der Waals surface area (Å²) in [5, 5.41) is 3.51. The normalized spacial score (nSPS) is 13.5. The van der Waals surface area contributed by atoms with Crippen molar-refractivity contribution in [3.05, 3.63) is 0 Å². The van der Waals surface area contributed by atoms with Gasteiger partial charge in [-0.25, -0.2) is 0 Å². The summed E-state index contributed by atoms with van der Waals surface area (Å²) in [5.74, 6) is 0.786. The lowest BCUT2D eigenvalue weighted by molar-refractivity contribution is 0.131. The zero-order valence-corrected chi connectivity index (χ0v) is 10.3. The molecule has 0 rings (SSSR count). The minimum atomic E-state index is 0.640. The van der Waals surface area contributed by atoms with Crippen molar-refractivity contribution in [3.8, 4) is 0 Å². The zero-order valence-electron chi connectivity index (χ0n) is 10.3. The van der Waals surface area contributed by atoms with Crippen LogP contribution in [-0.4, -0.2) is 25.8 Å². The molecule has 14 heavy (non-hydrogen) atoms. The van der Waals surface area contributed by atoms with E-state index in [-0.39, 0.29) is 0 Å². The molecule has 0 saturated carbocycles. The van der Waals surface area contributed by atoms with E-state index in [1.54, 1.807) is 0 Å². The standard InChI is InChI=1S/C12H27NO/c1-5-8-14-9-6-7-13-12(4)10-11(2)3/h11-13H,5-10H2,1-4H3. The van der Waals surface area contributed by atoms with Crippen LogP contribution in [0.4, 0.5) is 0 Å². The molecular formula is C12H27NO. The number of rotatable bonds is 9. The first kappa shape index (κ1) is 13.9. The third-order valence-electron chi connectivity index (χ3n) is 2.13. The van der Waals surface area contributed by atoms with E-state index in [2.05, 4.69) is 33.0 Å². The predicted molar refractivity (Wildman–Crippen MR) is 62.6 cm³/mol. The van der Waals surface area contributed by atoms with Crippen molar-refractivity contribution in [2.24, 2.45) is 5.92 Å². The molecule has 0 aliphatic heterocycles. The van der Waals surface area contributed by atoms with E-state index in [1.807, 2.05) is 0 Å². The van der Waals surface area contributed by atoms with Gasteiger partial charge in [0.25, 0.3) is 0 Å². The maximum absolute atomic E-state index is 5.41. The van der Waals surface area contributed by atoms with Crippen LogP contribution in [0.15, 0.2) is 0 Å². The molecule has 0 radical (unpaired) electrons. The first-order valence-electron chi connectivity index (χ1n) is 5.98. The second-order valence-electron chi connectivity index (χ2n) is 4.45. The Hall–Kier alpha value is -0.0800. The van der Waals surface area contributed by atoms with Crippen LogP contribution in [0.1, 0.15) is 47.0 Å². The summed E-state index contributed by atoms with van der Waals surface area (Å²) in [4.78, 5) is 0. The Morgan fingerprint density at radius 2 is 1.86 bits per heavy atom. The minimum Gasteiger partial charge on any atom is -0.381 e. The SMILES string of the molecule is CCCOCCCNC(C)CC(C)C. The smallest absolute Gasteiger partial charge is 0.0478 e. The van der Waals surface area contributed by atoms with Gasteiger partial charge >= 0.3 is 0 Å². The van der Waals surface area contributed by atoms with E-state index in [4.69, 9.17) is 4.74 Å². The third kappa shape index (κ3) is 10.0. The van der Waals surface area contributed by atoms with E-state index in [0.717, 1.165) is 38.5 Å². The van der Waals surface area contributed by atoms with Crippen molar-refractivity contribution in [3.63, 3.8) is 0 Å². The fourth-order valence-electron chi connectivity index (χ4n) is 1.56. The molecule has 1 unspecified atom stereocenters. The average Bonchev–Trinajstić information content (AvgIpc) is 2.10. The fourth-order valence-corrected chi connectivity index (χ4v) is 1.56. The summed E-state index contributed by atoms with van der Waals surface area (Å²) in [5.41, 5.74) is 0. The number of hydrogen-bond acceptors (Lipinski definition) is 2. The molecule has 0 aliphatic carbocycles. The van der Waals surface area contributed by atoms with Gasteiger partial charge in [-0.05, 0) is 38.6 Å². The van der Waals surface area contributed by atoms with Crippen molar-refractivity contribution in [1.29, 1.82) is 0 Å². The number of hydrogen-bond donors (Lipinski definition) is 1. The predicted octanol–water partition coefficient (Wildman–Crippen LogP) is 2.83. The molecule has 0 saturated heterocycles. The fraction of sp³-hybridized carbons (Fsp3) is 1.00. The second-order valence-corrected chi connectivity index (χ2v) is 4.45. The summed E-state index contributed by atoms with van der Waals surface area (Å²) >= 11 is 0. The van der Waals surface area contributed by atoms with Gasteiger partial charge in [0.05, 0.1) is 0 Å². The molecular weight excluding hydrogens is 174 g/mol. The average molecular weight is 201 g/mol. The van der Waals surface area contributed by atoms with Gasteiger partial charge in [0.1, 0.15) is 0 Å². The van der Waals surface area contributed by atoms with E-state index >= 15 is 0 Å². The van der Waals surface area contributed by atoms with Crippen molar-refractivity contribution >= 4 is 0 Å². The first-order valence-corrected chi connectivity index (χ1v) is 5.98. The Labute approximate surface area is 89.4 Å². The topological polar surface area (TPSA) is 21.3 Å². The molecule has 0 heterocycles. The van der Waals surface area contributed by atoms with Crippen LogP contribution in [0.3, 0.4) is 0 Å². The largest absolute Gasteiger partial charge is 0.381 e. The van der Waals surface area contributed by atoms with Gasteiger partial charge in [-0.2, -0.15) is 0 Å². The van der Waals surface area contributed by atoms with Gasteiger partial charge in [0, 0.05) is 19.3 Å². The Bertz CT molecular complexity index is 115. The first-order chi connectivity index (χ1) is 6.66. The molecule has 0 spiro atoms. The number of nitrogens with one attached hydrogen (secondary N) is 1. The van der Waals surface area contributed by atoms with Crippen LogP contribution >= 0.6 is 0 Å². The van der Waals surface area contributed by atoms with Gasteiger partial charge in [-0.1, -0.05) is 20.8 Å². The molecule has 0 fully saturated rings. The summed E-state index contributed by atoms with van der Waals surface area (Å²) in [6, 6.07) is 0.640. The Kier molecular flexibility index (Phi) is 9.42. The summed E-state index contributed by atoms with van der Waals surface area (Å²) < 4.78 is 5.41. The van der Waals surface area contributed by atoms with Crippen LogP contribution in [-0.2, 0) is 4.74 Å². The molecule has 86 valence electrons. The summed E-state index contributed by atoms with van der Waals surface area (Å²) in [6.07, 6.45) is 3.51. The highest BCUT2D eigenvalue weighted by Gasteiger charge is 2.02. The molecule has 2 nitrogen and oxygen atoms in total. The van der Waals surface area contributed by atoms with Crippen LogP contribution in [0.5, 0.6) is 0 Å². The van der Waals surface area contributed by atoms with Crippen molar-refractivity contribution < 1.29 is 4.74 Å². The van der Waals surface area contributed by atoms with Gasteiger partial charge < -0.3 is 10.1 Å². The minimum absolute atomic E-state index is 0.640. The maximum Gasteiger partial charge on any atom is 0.0478 e. The molecule has 2 heteroatoms. The molecule has 0 aliphatic rings. The molecule has 0 amide bonds. The van der Waals surface area contributed by atoms with Gasteiger partial charge in [0.2, 0.25) is 0 Å². The molecule has 1 atom stereocenters. The van der Waals surface area contributed by atoms with E-state index < -0.39 is 0 Å². The molecule has 0 bridgehead atoms. The van der Waals surface area contributed by atoms with Crippen molar-refractivity contribution in [2.45, 2.75) is 53.0 Å². The number of ether oxygens (including phenoxy) is 1. The van der Waals surface area contributed by atoms with Crippen LogP contribution in [0, 0.1) is 5.92 Å². The Morgan fingerprint density at radius 1 is 1.14 bits per heavy atom. The quantitative estimate of drug-likeness (QED) is 0.579. The molecule has 0 aromatic carbocycles.